The summed E-state index contributed by atoms with van der Waals surface area (Å²) in [5, 5.41) is 37.0. The summed E-state index contributed by atoms with van der Waals surface area (Å²) < 4.78 is 0. The molecule has 0 aliphatic heterocycles. The number of hydrogen-bond donors (Lipinski definition) is 2. The van der Waals surface area contributed by atoms with Crippen LogP contribution < -0.4 is 0 Å². The summed E-state index contributed by atoms with van der Waals surface area (Å²) in [6.07, 6.45) is 0. The monoisotopic (exact) mass is 394 g/mol. The van der Waals surface area contributed by atoms with Gasteiger partial charge in [0.05, 0.1) is 11.4 Å². The second-order valence-electron chi connectivity index (χ2n) is 6.48. The van der Waals surface area contributed by atoms with Gasteiger partial charge in [-0.05, 0) is 59.7 Å². The smallest absolute Gasteiger partial charge is 0.143 e. The van der Waals surface area contributed by atoms with E-state index in [1.54, 1.807) is 36.4 Å². The van der Waals surface area contributed by atoms with Crippen molar-refractivity contribution in [1.82, 2.24) is 0 Å². The Balaban J connectivity index is 1.54. The third kappa shape index (κ3) is 4.56. The molecule has 0 bridgehead atoms. The molecule has 0 spiro atoms. The number of benzene rings is 4. The van der Waals surface area contributed by atoms with E-state index in [1.807, 2.05) is 60.7 Å². The van der Waals surface area contributed by atoms with E-state index in [9.17, 15) is 10.2 Å². The first-order chi connectivity index (χ1) is 14.7. The molecule has 0 radical (unpaired) electrons. The largest absolute Gasteiger partial charge is 0.506 e. The van der Waals surface area contributed by atoms with Gasteiger partial charge in [0.25, 0.3) is 0 Å². The Kier molecular flexibility index (Phi) is 5.57. The molecule has 0 saturated heterocycles. The first kappa shape index (κ1) is 19.0. The maximum atomic E-state index is 10.3. The highest BCUT2D eigenvalue weighted by molar-refractivity contribution is 5.72. The summed E-state index contributed by atoms with van der Waals surface area (Å²) in [5.41, 5.74) is 3.58. The Morgan fingerprint density at radius 3 is 1.20 bits per heavy atom. The number of phenols is 2. The lowest BCUT2D eigenvalue weighted by molar-refractivity contribution is 0.475. The van der Waals surface area contributed by atoms with Crippen LogP contribution in [0.1, 0.15) is 0 Å². The molecule has 146 valence electrons. The lowest BCUT2D eigenvalue weighted by Crippen LogP contribution is -1.79. The van der Waals surface area contributed by atoms with Gasteiger partial charge in [-0.2, -0.15) is 10.2 Å². The quantitative estimate of drug-likeness (QED) is 0.341. The van der Waals surface area contributed by atoms with Gasteiger partial charge in [-0.3, -0.25) is 0 Å². The predicted molar refractivity (Wildman–Crippen MR) is 116 cm³/mol. The van der Waals surface area contributed by atoms with E-state index in [4.69, 9.17) is 0 Å². The summed E-state index contributed by atoms with van der Waals surface area (Å²) >= 11 is 0. The Morgan fingerprint density at radius 2 is 0.833 bits per heavy atom. The maximum Gasteiger partial charge on any atom is 0.143 e. The SMILES string of the molecule is Oc1cc(-c2ccc(N=Nc3ccccc3)c(O)c2)ccc1N=Nc1ccccc1. The lowest BCUT2D eigenvalue weighted by atomic mass is 10.0. The Morgan fingerprint density at radius 1 is 0.433 bits per heavy atom. The normalized spacial score (nSPS) is 11.3. The van der Waals surface area contributed by atoms with E-state index in [2.05, 4.69) is 20.5 Å². The lowest BCUT2D eigenvalue weighted by Gasteiger charge is -2.06. The fourth-order valence-corrected chi connectivity index (χ4v) is 2.79. The summed E-state index contributed by atoms with van der Waals surface area (Å²) in [6.45, 7) is 0. The molecule has 0 heterocycles. The van der Waals surface area contributed by atoms with E-state index >= 15 is 0 Å². The molecule has 6 nitrogen and oxygen atoms in total. The molecule has 0 aromatic heterocycles. The number of azo groups is 2. The van der Waals surface area contributed by atoms with E-state index in [1.165, 1.54) is 0 Å². The van der Waals surface area contributed by atoms with Crippen molar-refractivity contribution in [1.29, 1.82) is 0 Å². The van der Waals surface area contributed by atoms with Crippen LogP contribution in [0.3, 0.4) is 0 Å². The number of nitrogens with zero attached hydrogens (tertiary/aromatic N) is 4. The van der Waals surface area contributed by atoms with E-state index in [0.29, 0.717) is 22.7 Å². The van der Waals surface area contributed by atoms with Gasteiger partial charge in [0.2, 0.25) is 0 Å². The summed E-state index contributed by atoms with van der Waals surface area (Å²) in [7, 11) is 0. The zero-order chi connectivity index (χ0) is 20.8. The van der Waals surface area contributed by atoms with Gasteiger partial charge >= 0.3 is 0 Å². The molecule has 4 aromatic carbocycles. The van der Waals surface area contributed by atoms with Crippen LogP contribution in [0.15, 0.2) is 118 Å². The van der Waals surface area contributed by atoms with Crippen LogP contribution in [-0.4, -0.2) is 10.2 Å². The predicted octanol–water partition coefficient (Wildman–Crippen LogP) is 7.60. The number of hydrogen-bond acceptors (Lipinski definition) is 6. The molecular weight excluding hydrogens is 376 g/mol. The molecule has 0 aliphatic rings. The van der Waals surface area contributed by atoms with Crippen molar-refractivity contribution in [2.75, 3.05) is 0 Å². The molecule has 4 rings (SSSR count). The highest BCUT2D eigenvalue weighted by atomic mass is 16.3. The van der Waals surface area contributed by atoms with Gasteiger partial charge in [0.1, 0.15) is 22.9 Å². The van der Waals surface area contributed by atoms with Gasteiger partial charge in [-0.15, -0.1) is 10.2 Å². The molecule has 0 atom stereocenters. The van der Waals surface area contributed by atoms with Crippen LogP contribution in [-0.2, 0) is 0 Å². The van der Waals surface area contributed by atoms with Crippen LogP contribution in [0.2, 0.25) is 0 Å². The zero-order valence-electron chi connectivity index (χ0n) is 15.9. The van der Waals surface area contributed by atoms with Crippen molar-refractivity contribution in [3.63, 3.8) is 0 Å². The summed E-state index contributed by atoms with van der Waals surface area (Å²) in [5.74, 6) is -0.000903. The highest BCUT2D eigenvalue weighted by Gasteiger charge is 2.07. The number of phenolic OH excluding ortho intramolecular Hbond substituents is 2. The molecule has 0 unspecified atom stereocenters. The van der Waals surface area contributed by atoms with Crippen LogP contribution in [0, 0.1) is 0 Å². The van der Waals surface area contributed by atoms with Crippen LogP contribution in [0.25, 0.3) is 11.1 Å². The highest BCUT2D eigenvalue weighted by Crippen LogP contribution is 2.36. The molecule has 0 fully saturated rings. The number of rotatable bonds is 5. The van der Waals surface area contributed by atoms with Gasteiger partial charge in [0.15, 0.2) is 0 Å². The van der Waals surface area contributed by atoms with Crippen LogP contribution in [0.5, 0.6) is 11.5 Å². The second-order valence-corrected chi connectivity index (χ2v) is 6.48. The molecule has 30 heavy (non-hydrogen) atoms. The van der Waals surface area contributed by atoms with Crippen molar-refractivity contribution >= 4 is 22.7 Å². The van der Waals surface area contributed by atoms with Crippen molar-refractivity contribution < 1.29 is 10.2 Å². The minimum Gasteiger partial charge on any atom is -0.506 e. The Labute approximate surface area is 173 Å². The van der Waals surface area contributed by atoms with Crippen molar-refractivity contribution in [3.05, 3.63) is 97.1 Å². The average Bonchev–Trinajstić information content (AvgIpc) is 2.79. The average molecular weight is 394 g/mol. The molecule has 6 heteroatoms. The molecule has 0 aliphatic carbocycles. The summed E-state index contributed by atoms with van der Waals surface area (Å²) in [4.78, 5) is 0. The molecular formula is C24H18N4O2. The maximum absolute atomic E-state index is 10.3. The van der Waals surface area contributed by atoms with Crippen LogP contribution in [0.4, 0.5) is 22.7 Å². The molecule has 4 aromatic rings. The fourth-order valence-electron chi connectivity index (χ4n) is 2.79. The van der Waals surface area contributed by atoms with Crippen LogP contribution >= 0.6 is 0 Å². The van der Waals surface area contributed by atoms with E-state index in [-0.39, 0.29) is 11.5 Å². The van der Waals surface area contributed by atoms with E-state index in [0.717, 1.165) is 11.1 Å². The zero-order valence-corrected chi connectivity index (χ0v) is 15.9. The molecule has 0 saturated carbocycles. The van der Waals surface area contributed by atoms with Gasteiger partial charge in [-0.1, -0.05) is 48.5 Å². The standard InChI is InChI=1S/C24H18N4O2/c29-23-15-17(11-13-21(23)27-25-19-7-3-1-4-8-19)18-12-14-22(24(30)16-18)28-26-20-9-5-2-6-10-20/h1-16,29-30H. The minimum atomic E-state index is -0.000451. The minimum absolute atomic E-state index is 0.000451. The molecule has 2 N–H and O–H groups in total. The Bertz CT molecular complexity index is 1110. The van der Waals surface area contributed by atoms with Crippen molar-refractivity contribution in [2.24, 2.45) is 20.5 Å². The van der Waals surface area contributed by atoms with Crippen molar-refractivity contribution in [2.45, 2.75) is 0 Å². The topological polar surface area (TPSA) is 89.9 Å². The first-order valence-electron chi connectivity index (χ1n) is 9.29. The summed E-state index contributed by atoms with van der Waals surface area (Å²) in [6, 6.07) is 28.7. The fraction of sp³-hybridized carbons (Fsp3) is 0. The third-order valence-electron chi connectivity index (χ3n) is 4.34. The van der Waals surface area contributed by atoms with Gasteiger partial charge < -0.3 is 10.2 Å². The van der Waals surface area contributed by atoms with Gasteiger partial charge in [0, 0.05) is 0 Å². The second kappa shape index (κ2) is 8.79. The third-order valence-corrected chi connectivity index (χ3v) is 4.34. The number of aromatic hydroxyl groups is 2. The first-order valence-corrected chi connectivity index (χ1v) is 9.29. The van der Waals surface area contributed by atoms with E-state index < -0.39 is 0 Å². The molecule has 0 amide bonds. The van der Waals surface area contributed by atoms with Crippen molar-refractivity contribution in [3.8, 4) is 22.6 Å². The van der Waals surface area contributed by atoms with Gasteiger partial charge in [-0.25, -0.2) is 0 Å². The Hall–Kier alpha value is -4.32.